The number of aliphatic hydroxyl groups is 1. The van der Waals surface area contributed by atoms with Gasteiger partial charge in [-0.05, 0) is 48.9 Å². The zero-order valence-corrected chi connectivity index (χ0v) is 20.3. The predicted octanol–water partition coefficient (Wildman–Crippen LogP) is 3.65. The van der Waals surface area contributed by atoms with Gasteiger partial charge in [0, 0.05) is 17.5 Å². The van der Waals surface area contributed by atoms with Crippen LogP contribution in [0.25, 0.3) is 11.0 Å². The zero-order valence-electron chi connectivity index (χ0n) is 20.3. The van der Waals surface area contributed by atoms with Crippen LogP contribution in [0.5, 0.6) is 5.75 Å². The molecule has 1 aliphatic heterocycles. The third-order valence-corrected chi connectivity index (χ3v) is 6.08. The number of aryl methyl sites for hydroxylation is 1. The fraction of sp³-hybridized carbons (Fsp3) is 0.207. The van der Waals surface area contributed by atoms with Crippen molar-refractivity contribution in [1.29, 1.82) is 0 Å². The number of benzene rings is 3. The highest BCUT2D eigenvalue weighted by molar-refractivity contribution is 5.90. The molecule has 0 spiro atoms. The van der Waals surface area contributed by atoms with Gasteiger partial charge < -0.3 is 28.5 Å². The van der Waals surface area contributed by atoms with Crippen LogP contribution in [0, 0.1) is 6.92 Å². The molecule has 9 nitrogen and oxygen atoms in total. The van der Waals surface area contributed by atoms with E-state index in [-0.39, 0.29) is 23.5 Å². The van der Waals surface area contributed by atoms with Gasteiger partial charge in [0.1, 0.15) is 17.4 Å². The maximum Gasteiger partial charge on any atom is 0.338 e. The van der Waals surface area contributed by atoms with Crippen LogP contribution in [0.4, 0.5) is 0 Å². The first kappa shape index (κ1) is 25.2. The van der Waals surface area contributed by atoms with Crippen LogP contribution >= 0.6 is 0 Å². The molecule has 1 N–H and O–H groups in total. The highest BCUT2D eigenvalue weighted by atomic mass is 16.7. The predicted molar refractivity (Wildman–Crippen MR) is 135 cm³/mol. The second-order valence-corrected chi connectivity index (χ2v) is 8.77. The summed E-state index contributed by atoms with van der Waals surface area (Å²) < 4.78 is 28.3. The Morgan fingerprint density at radius 3 is 2.08 bits per heavy atom. The van der Waals surface area contributed by atoms with Crippen molar-refractivity contribution in [2.24, 2.45) is 0 Å². The van der Waals surface area contributed by atoms with Crippen LogP contribution in [0.3, 0.4) is 0 Å². The van der Waals surface area contributed by atoms with E-state index in [0.29, 0.717) is 5.58 Å². The van der Waals surface area contributed by atoms with Gasteiger partial charge in [0.2, 0.25) is 12.4 Å². The Bertz CT molecular complexity index is 1500. The van der Waals surface area contributed by atoms with Gasteiger partial charge in [-0.15, -0.1) is 0 Å². The molecule has 38 heavy (non-hydrogen) atoms. The molecular formula is C29H24O9. The Morgan fingerprint density at radius 2 is 1.45 bits per heavy atom. The molecule has 1 aliphatic rings. The van der Waals surface area contributed by atoms with E-state index in [1.807, 2.05) is 0 Å². The maximum atomic E-state index is 13.0. The SMILES string of the molecule is Cc1cc(=O)oc2cc(O[C@@H]3OC[C@@H](O)[C@H](OC(=O)c4ccccc4)[C@H]3OC(=O)c3ccccc3)ccc12. The lowest BCUT2D eigenvalue weighted by Crippen LogP contribution is -2.58. The van der Waals surface area contributed by atoms with E-state index in [4.69, 9.17) is 23.4 Å². The molecule has 1 saturated heterocycles. The number of carbonyl (C=O) groups excluding carboxylic acids is 2. The van der Waals surface area contributed by atoms with Gasteiger partial charge in [0.15, 0.2) is 6.10 Å². The monoisotopic (exact) mass is 516 g/mol. The van der Waals surface area contributed by atoms with Gasteiger partial charge in [-0.25, -0.2) is 14.4 Å². The largest absolute Gasteiger partial charge is 0.461 e. The number of esters is 2. The molecule has 0 aliphatic carbocycles. The van der Waals surface area contributed by atoms with Gasteiger partial charge in [-0.3, -0.25) is 0 Å². The summed E-state index contributed by atoms with van der Waals surface area (Å²) >= 11 is 0. The van der Waals surface area contributed by atoms with Gasteiger partial charge in [0.05, 0.1) is 17.7 Å². The van der Waals surface area contributed by atoms with Crippen LogP contribution in [0.15, 0.2) is 94.1 Å². The summed E-state index contributed by atoms with van der Waals surface area (Å²) in [5.41, 5.74) is 1.04. The summed E-state index contributed by atoms with van der Waals surface area (Å²) in [6, 6.07) is 22.7. The first-order valence-electron chi connectivity index (χ1n) is 11.9. The molecule has 1 aromatic heterocycles. The molecule has 1 fully saturated rings. The summed E-state index contributed by atoms with van der Waals surface area (Å²) in [7, 11) is 0. The molecule has 0 radical (unpaired) electrons. The van der Waals surface area contributed by atoms with Crippen molar-refractivity contribution in [2.75, 3.05) is 6.61 Å². The van der Waals surface area contributed by atoms with Crippen LogP contribution in [-0.4, -0.2) is 48.3 Å². The molecule has 0 saturated carbocycles. The quantitative estimate of drug-likeness (QED) is 0.302. The van der Waals surface area contributed by atoms with Crippen molar-refractivity contribution in [3.8, 4) is 5.75 Å². The summed E-state index contributed by atoms with van der Waals surface area (Å²) in [5.74, 6) is -1.18. The van der Waals surface area contributed by atoms with Crippen molar-refractivity contribution >= 4 is 22.9 Å². The number of carbonyl (C=O) groups is 2. The van der Waals surface area contributed by atoms with Crippen molar-refractivity contribution < 1.29 is 38.1 Å². The van der Waals surface area contributed by atoms with E-state index in [9.17, 15) is 19.5 Å². The summed E-state index contributed by atoms with van der Waals surface area (Å²) in [4.78, 5) is 37.6. The number of rotatable bonds is 6. The third-order valence-electron chi connectivity index (χ3n) is 6.08. The molecule has 3 aromatic carbocycles. The number of aliphatic hydroxyl groups excluding tert-OH is 1. The molecule has 0 bridgehead atoms. The Hall–Kier alpha value is -4.47. The first-order chi connectivity index (χ1) is 18.4. The lowest BCUT2D eigenvalue weighted by atomic mass is 10.0. The van der Waals surface area contributed by atoms with Gasteiger partial charge in [0.25, 0.3) is 0 Å². The second kappa shape index (κ2) is 10.9. The fourth-order valence-corrected chi connectivity index (χ4v) is 4.17. The molecule has 4 atom stereocenters. The van der Waals surface area contributed by atoms with Crippen LogP contribution < -0.4 is 10.4 Å². The molecule has 2 heterocycles. The van der Waals surface area contributed by atoms with Crippen molar-refractivity contribution in [2.45, 2.75) is 31.5 Å². The number of hydrogen-bond acceptors (Lipinski definition) is 9. The number of ether oxygens (including phenoxy) is 4. The smallest absolute Gasteiger partial charge is 0.338 e. The normalized spacial score (nSPS) is 21.0. The van der Waals surface area contributed by atoms with E-state index >= 15 is 0 Å². The molecule has 194 valence electrons. The van der Waals surface area contributed by atoms with E-state index in [0.717, 1.165) is 10.9 Å². The fourth-order valence-electron chi connectivity index (χ4n) is 4.17. The summed E-state index contributed by atoms with van der Waals surface area (Å²) in [6.07, 6.45) is -5.18. The van der Waals surface area contributed by atoms with Gasteiger partial charge in [-0.2, -0.15) is 0 Å². The molecule has 0 amide bonds. The molecule has 4 aromatic rings. The van der Waals surface area contributed by atoms with E-state index < -0.39 is 42.2 Å². The Kier molecular flexibility index (Phi) is 7.21. The van der Waals surface area contributed by atoms with Gasteiger partial charge in [-0.1, -0.05) is 36.4 Å². The lowest BCUT2D eigenvalue weighted by molar-refractivity contribution is -0.241. The average Bonchev–Trinajstić information content (AvgIpc) is 2.92. The highest BCUT2D eigenvalue weighted by Crippen LogP contribution is 2.29. The van der Waals surface area contributed by atoms with Crippen LogP contribution in [0.1, 0.15) is 26.3 Å². The lowest BCUT2D eigenvalue weighted by Gasteiger charge is -2.39. The Labute approximate surface area is 217 Å². The topological polar surface area (TPSA) is 122 Å². The third kappa shape index (κ3) is 5.44. The van der Waals surface area contributed by atoms with Gasteiger partial charge >= 0.3 is 17.6 Å². The van der Waals surface area contributed by atoms with Crippen molar-refractivity contribution in [3.63, 3.8) is 0 Å². The average molecular weight is 517 g/mol. The van der Waals surface area contributed by atoms with Crippen LogP contribution in [-0.2, 0) is 14.2 Å². The van der Waals surface area contributed by atoms with E-state index in [1.165, 1.54) is 12.1 Å². The minimum atomic E-state index is -1.33. The van der Waals surface area contributed by atoms with E-state index in [2.05, 4.69) is 0 Å². The molecule has 0 unspecified atom stereocenters. The van der Waals surface area contributed by atoms with Crippen LogP contribution in [0.2, 0.25) is 0 Å². The van der Waals surface area contributed by atoms with Crippen molar-refractivity contribution in [3.05, 3.63) is 112 Å². The minimum absolute atomic E-state index is 0.251. The molecular weight excluding hydrogens is 492 g/mol. The van der Waals surface area contributed by atoms with E-state index in [1.54, 1.807) is 79.7 Å². The minimum Gasteiger partial charge on any atom is -0.461 e. The number of fused-ring (bicyclic) bond motifs is 1. The Morgan fingerprint density at radius 1 is 0.842 bits per heavy atom. The summed E-state index contributed by atoms with van der Waals surface area (Å²) in [5, 5.41) is 11.4. The number of hydrogen-bond donors (Lipinski definition) is 1. The maximum absolute atomic E-state index is 13.0. The highest BCUT2D eigenvalue weighted by Gasteiger charge is 2.47. The van der Waals surface area contributed by atoms with Crippen molar-refractivity contribution in [1.82, 2.24) is 0 Å². The molecule has 9 heteroatoms. The first-order valence-corrected chi connectivity index (χ1v) is 11.9. The molecule has 5 rings (SSSR count). The Balaban J connectivity index is 1.45. The standard InChI is InChI=1S/C29H24O9/c1-17-14-24(31)36-23-15-20(12-13-21(17)23)35-29-26(38-28(33)19-10-6-3-7-11-19)25(22(30)16-34-29)37-27(32)18-8-4-2-5-9-18/h2-15,22,25-26,29-30H,16H2,1H3/t22-,25+,26-,29+/m1/s1. The second-order valence-electron chi connectivity index (χ2n) is 8.77. The summed E-state index contributed by atoms with van der Waals surface area (Å²) in [6.45, 7) is 1.54. The zero-order chi connectivity index (χ0) is 26.6.